The topological polar surface area (TPSA) is 70.9 Å². The number of benzene rings is 2. The van der Waals surface area contributed by atoms with Crippen molar-refractivity contribution in [2.45, 2.75) is 0 Å². The molecule has 2 aromatic rings. The lowest BCUT2D eigenvalue weighted by atomic mass is 10.2. The van der Waals surface area contributed by atoms with Gasteiger partial charge in [-0.05, 0) is 42.5 Å². The third kappa shape index (κ3) is 4.86. The van der Waals surface area contributed by atoms with Gasteiger partial charge >= 0.3 is 0 Å². The first-order chi connectivity index (χ1) is 11.1. The number of phenolic OH excluding ortho intramolecular Hbond substituents is 1. The Morgan fingerprint density at radius 3 is 2.74 bits per heavy atom. The predicted octanol–water partition coefficient (Wildman–Crippen LogP) is 3.37. The van der Waals surface area contributed by atoms with Crippen LogP contribution in [0.1, 0.15) is 15.9 Å². The van der Waals surface area contributed by atoms with E-state index in [2.05, 4.69) is 17.1 Å². The Bertz CT molecular complexity index is 727. The SMILES string of the molecule is C=CCOc1ccc(C(=O)N/N=C\c2cc(Cl)ccc2O)cc1. The van der Waals surface area contributed by atoms with Crippen molar-refractivity contribution in [1.82, 2.24) is 5.43 Å². The lowest BCUT2D eigenvalue weighted by molar-refractivity contribution is 0.0955. The number of aromatic hydroxyl groups is 1. The van der Waals surface area contributed by atoms with E-state index in [0.29, 0.717) is 28.5 Å². The van der Waals surface area contributed by atoms with Crippen LogP contribution in [0.25, 0.3) is 0 Å². The minimum atomic E-state index is -0.377. The van der Waals surface area contributed by atoms with Gasteiger partial charge in [0.25, 0.3) is 5.91 Å². The van der Waals surface area contributed by atoms with Crippen LogP contribution in [0.3, 0.4) is 0 Å². The smallest absolute Gasteiger partial charge is 0.271 e. The van der Waals surface area contributed by atoms with E-state index >= 15 is 0 Å². The zero-order chi connectivity index (χ0) is 16.7. The number of ether oxygens (including phenoxy) is 1. The fourth-order valence-electron chi connectivity index (χ4n) is 1.71. The Kier molecular flexibility index (Phi) is 5.77. The molecule has 0 radical (unpaired) electrons. The molecule has 6 heteroatoms. The number of carbonyl (C=O) groups is 1. The Hall–Kier alpha value is -2.79. The van der Waals surface area contributed by atoms with Crippen LogP contribution < -0.4 is 10.2 Å². The summed E-state index contributed by atoms with van der Waals surface area (Å²) < 4.78 is 5.33. The lowest BCUT2D eigenvalue weighted by Crippen LogP contribution is -2.17. The highest BCUT2D eigenvalue weighted by Crippen LogP contribution is 2.19. The summed E-state index contributed by atoms with van der Waals surface area (Å²) >= 11 is 5.83. The molecule has 0 aliphatic heterocycles. The van der Waals surface area contributed by atoms with Crippen molar-refractivity contribution in [2.75, 3.05) is 6.61 Å². The van der Waals surface area contributed by atoms with Crippen LogP contribution in [0, 0.1) is 0 Å². The molecule has 23 heavy (non-hydrogen) atoms. The number of nitrogens with one attached hydrogen (secondary N) is 1. The van der Waals surface area contributed by atoms with E-state index in [1.54, 1.807) is 36.4 Å². The standard InChI is InChI=1S/C17H15ClN2O3/c1-2-9-23-15-6-3-12(4-7-15)17(22)20-19-11-13-10-14(18)5-8-16(13)21/h2-8,10-11,21H,1,9H2,(H,20,22)/b19-11-. The monoisotopic (exact) mass is 330 g/mol. The van der Waals surface area contributed by atoms with Gasteiger partial charge in [0.2, 0.25) is 0 Å². The van der Waals surface area contributed by atoms with Crippen molar-refractivity contribution in [3.8, 4) is 11.5 Å². The second-order valence-electron chi connectivity index (χ2n) is 4.53. The van der Waals surface area contributed by atoms with Gasteiger partial charge in [-0.15, -0.1) is 0 Å². The van der Waals surface area contributed by atoms with Crippen LogP contribution in [0.2, 0.25) is 5.02 Å². The summed E-state index contributed by atoms with van der Waals surface area (Å²) in [6.07, 6.45) is 2.96. The summed E-state index contributed by atoms with van der Waals surface area (Å²) in [7, 11) is 0. The normalized spacial score (nSPS) is 10.5. The zero-order valence-corrected chi connectivity index (χ0v) is 13.0. The molecule has 0 aliphatic carbocycles. The van der Waals surface area contributed by atoms with Crippen molar-refractivity contribution >= 4 is 23.7 Å². The van der Waals surface area contributed by atoms with Gasteiger partial charge in [0.1, 0.15) is 18.1 Å². The number of rotatable bonds is 6. The van der Waals surface area contributed by atoms with E-state index in [4.69, 9.17) is 16.3 Å². The van der Waals surface area contributed by atoms with Gasteiger partial charge in [-0.1, -0.05) is 24.3 Å². The fraction of sp³-hybridized carbons (Fsp3) is 0.0588. The second kappa shape index (κ2) is 8.00. The van der Waals surface area contributed by atoms with Gasteiger partial charge in [-0.3, -0.25) is 4.79 Å². The maximum Gasteiger partial charge on any atom is 0.271 e. The number of hydrogen-bond acceptors (Lipinski definition) is 4. The predicted molar refractivity (Wildman–Crippen MR) is 90.3 cm³/mol. The van der Waals surface area contributed by atoms with Gasteiger partial charge in [0.05, 0.1) is 6.21 Å². The molecule has 0 saturated heterocycles. The number of hydrazone groups is 1. The van der Waals surface area contributed by atoms with E-state index in [-0.39, 0.29) is 11.7 Å². The summed E-state index contributed by atoms with van der Waals surface area (Å²) in [5.74, 6) is 0.294. The summed E-state index contributed by atoms with van der Waals surface area (Å²) in [6, 6.07) is 11.2. The third-order valence-electron chi connectivity index (χ3n) is 2.84. The molecule has 1 amide bonds. The Morgan fingerprint density at radius 1 is 1.30 bits per heavy atom. The number of carbonyl (C=O) groups excluding carboxylic acids is 1. The van der Waals surface area contributed by atoms with E-state index in [1.165, 1.54) is 18.3 Å². The van der Waals surface area contributed by atoms with Crippen LogP contribution >= 0.6 is 11.6 Å². The van der Waals surface area contributed by atoms with E-state index in [1.807, 2.05) is 0 Å². The molecule has 2 N–H and O–H groups in total. The highest BCUT2D eigenvalue weighted by atomic mass is 35.5. The molecule has 0 unspecified atom stereocenters. The minimum absolute atomic E-state index is 0.0242. The molecule has 118 valence electrons. The van der Waals surface area contributed by atoms with Crippen LogP contribution in [0.5, 0.6) is 11.5 Å². The summed E-state index contributed by atoms with van der Waals surface area (Å²) in [4.78, 5) is 11.9. The number of halogens is 1. The second-order valence-corrected chi connectivity index (χ2v) is 4.96. The first kappa shape index (κ1) is 16.6. The minimum Gasteiger partial charge on any atom is -0.507 e. The highest BCUT2D eigenvalue weighted by Gasteiger charge is 2.04. The quantitative estimate of drug-likeness (QED) is 0.484. The molecule has 0 aliphatic rings. The van der Waals surface area contributed by atoms with Gasteiger partial charge in [-0.25, -0.2) is 5.43 Å². The van der Waals surface area contributed by atoms with Crippen molar-refractivity contribution < 1.29 is 14.6 Å². The van der Waals surface area contributed by atoms with Crippen LogP contribution in [-0.4, -0.2) is 23.8 Å². The molecular weight excluding hydrogens is 316 g/mol. The summed E-state index contributed by atoms with van der Waals surface area (Å²) in [6.45, 7) is 3.96. The molecule has 2 rings (SSSR count). The summed E-state index contributed by atoms with van der Waals surface area (Å²) in [5, 5.41) is 13.9. The van der Waals surface area contributed by atoms with Gasteiger partial charge in [0, 0.05) is 16.1 Å². The fourth-order valence-corrected chi connectivity index (χ4v) is 1.89. The molecule has 2 aromatic carbocycles. The summed E-state index contributed by atoms with van der Waals surface area (Å²) in [5.41, 5.74) is 3.22. The number of amides is 1. The molecule has 0 atom stereocenters. The Morgan fingerprint density at radius 2 is 2.04 bits per heavy atom. The lowest BCUT2D eigenvalue weighted by Gasteiger charge is -2.04. The van der Waals surface area contributed by atoms with Gasteiger partial charge in [-0.2, -0.15) is 5.10 Å². The van der Waals surface area contributed by atoms with Crippen molar-refractivity contribution in [3.05, 3.63) is 71.3 Å². The maximum absolute atomic E-state index is 11.9. The van der Waals surface area contributed by atoms with E-state index in [0.717, 1.165) is 0 Å². The number of hydrogen-bond donors (Lipinski definition) is 2. The average molecular weight is 331 g/mol. The van der Waals surface area contributed by atoms with Gasteiger partial charge < -0.3 is 9.84 Å². The van der Waals surface area contributed by atoms with E-state index < -0.39 is 0 Å². The first-order valence-corrected chi connectivity index (χ1v) is 7.13. The van der Waals surface area contributed by atoms with Crippen LogP contribution in [0.4, 0.5) is 0 Å². The largest absolute Gasteiger partial charge is 0.507 e. The van der Waals surface area contributed by atoms with Gasteiger partial charge in [0.15, 0.2) is 0 Å². The highest BCUT2D eigenvalue weighted by molar-refractivity contribution is 6.30. The van der Waals surface area contributed by atoms with Crippen molar-refractivity contribution in [2.24, 2.45) is 5.10 Å². The first-order valence-electron chi connectivity index (χ1n) is 6.76. The molecule has 0 fully saturated rings. The van der Waals surface area contributed by atoms with E-state index in [9.17, 15) is 9.90 Å². The number of phenols is 1. The molecular formula is C17H15ClN2O3. The van der Waals surface area contributed by atoms with Crippen LogP contribution in [-0.2, 0) is 0 Å². The van der Waals surface area contributed by atoms with Crippen molar-refractivity contribution in [3.63, 3.8) is 0 Å². The Balaban J connectivity index is 1.97. The molecule has 0 spiro atoms. The van der Waals surface area contributed by atoms with Crippen molar-refractivity contribution in [1.29, 1.82) is 0 Å². The molecule has 0 saturated carbocycles. The number of nitrogens with zero attached hydrogens (tertiary/aromatic N) is 1. The Labute approximate surface area is 138 Å². The molecule has 0 aromatic heterocycles. The zero-order valence-electron chi connectivity index (χ0n) is 12.2. The molecule has 5 nitrogen and oxygen atoms in total. The third-order valence-corrected chi connectivity index (χ3v) is 3.08. The molecule has 0 heterocycles. The average Bonchev–Trinajstić information content (AvgIpc) is 2.56. The molecule has 0 bridgehead atoms. The van der Waals surface area contributed by atoms with Crippen LogP contribution in [0.15, 0.2) is 60.2 Å². The maximum atomic E-state index is 11.9.